The molecular formula is C12H13BrN2O2. The van der Waals surface area contributed by atoms with Crippen LogP contribution in [0.3, 0.4) is 0 Å². The van der Waals surface area contributed by atoms with Gasteiger partial charge < -0.3 is 10.4 Å². The lowest BCUT2D eigenvalue weighted by atomic mass is 10.1. The van der Waals surface area contributed by atoms with Crippen molar-refractivity contribution < 1.29 is 9.90 Å². The first kappa shape index (κ1) is 13.5. The number of rotatable bonds is 3. The smallest absolute Gasteiger partial charge is 0.252 e. The first-order chi connectivity index (χ1) is 7.95. The topological polar surface area (TPSA) is 73.1 Å². The van der Waals surface area contributed by atoms with E-state index in [0.717, 1.165) is 0 Å². The Morgan fingerprint density at radius 1 is 1.53 bits per heavy atom. The third kappa shape index (κ3) is 3.46. The molecule has 0 aliphatic carbocycles. The largest absolute Gasteiger partial charge is 0.507 e. The molecule has 0 fully saturated rings. The minimum atomic E-state index is -0.534. The van der Waals surface area contributed by atoms with Crippen molar-refractivity contribution in [1.29, 1.82) is 5.26 Å². The van der Waals surface area contributed by atoms with Crippen LogP contribution in [0, 0.1) is 17.2 Å². The third-order valence-electron chi connectivity index (χ3n) is 2.30. The van der Waals surface area contributed by atoms with Gasteiger partial charge in [-0.2, -0.15) is 5.26 Å². The normalized spacial score (nSPS) is 11.9. The second-order valence-electron chi connectivity index (χ2n) is 3.99. The van der Waals surface area contributed by atoms with E-state index in [-0.39, 0.29) is 17.6 Å². The quantitative estimate of drug-likeness (QED) is 0.900. The number of nitrogens with one attached hydrogen (secondary N) is 1. The van der Waals surface area contributed by atoms with E-state index in [0.29, 0.717) is 10.0 Å². The molecule has 0 aromatic heterocycles. The number of nitriles is 1. The minimum absolute atomic E-state index is 0.00398. The Hall–Kier alpha value is -1.54. The number of aromatic hydroxyl groups is 1. The van der Waals surface area contributed by atoms with Crippen molar-refractivity contribution in [2.75, 3.05) is 0 Å². The number of amides is 1. The maximum absolute atomic E-state index is 11.8. The van der Waals surface area contributed by atoms with Gasteiger partial charge in [0.25, 0.3) is 5.91 Å². The van der Waals surface area contributed by atoms with Crippen LogP contribution in [0.4, 0.5) is 0 Å². The van der Waals surface area contributed by atoms with Gasteiger partial charge in [0.2, 0.25) is 0 Å². The predicted molar refractivity (Wildman–Crippen MR) is 67.5 cm³/mol. The van der Waals surface area contributed by atoms with Gasteiger partial charge in [0.05, 0.1) is 10.5 Å². The molecule has 90 valence electrons. The van der Waals surface area contributed by atoms with E-state index in [2.05, 4.69) is 21.2 Å². The van der Waals surface area contributed by atoms with Crippen molar-refractivity contribution in [1.82, 2.24) is 5.32 Å². The summed E-state index contributed by atoms with van der Waals surface area (Å²) in [7, 11) is 0. The van der Waals surface area contributed by atoms with Crippen molar-refractivity contribution in [3.63, 3.8) is 0 Å². The van der Waals surface area contributed by atoms with E-state index in [9.17, 15) is 9.90 Å². The average molecular weight is 297 g/mol. The van der Waals surface area contributed by atoms with Crippen molar-refractivity contribution in [3.05, 3.63) is 28.2 Å². The molecule has 1 unspecified atom stereocenters. The highest BCUT2D eigenvalue weighted by molar-refractivity contribution is 9.10. The lowest BCUT2D eigenvalue weighted by Gasteiger charge is -2.14. The molecule has 1 rings (SSSR count). The Balaban J connectivity index is 2.83. The summed E-state index contributed by atoms with van der Waals surface area (Å²) in [5, 5.41) is 20.9. The summed E-state index contributed by atoms with van der Waals surface area (Å²) in [6, 6.07) is 6.01. The Morgan fingerprint density at radius 2 is 2.18 bits per heavy atom. The molecule has 0 aliphatic rings. The van der Waals surface area contributed by atoms with Crippen LogP contribution in [0.25, 0.3) is 0 Å². The molecule has 0 aliphatic heterocycles. The van der Waals surface area contributed by atoms with Crippen LogP contribution in [-0.4, -0.2) is 17.1 Å². The molecule has 5 heteroatoms. The fourth-order valence-electron chi connectivity index (χ4n) is 1.23. The van der Waals surface area contributed by atoms with E-state index in [1.165, 1.54) is 6.07 Å². The predicted octanol–water partition coefficient (Wildman–Crippen LogP) is 2.43. The number of benzene rings is 1. The highest BCUT2D eigenvalue weighted by Crippen LogP contribution is 2.24. The molecule has 0 saturated heterocycles. The van der Waals surface area contributed by atoms with Gasteiger partial charge in [-0.25, -0.2) is 0 Å². The third-order valence-corrected chi connectivity index (χ3v) is 2.97. The van der Waals surface area contributed by atoms with E-state index in [4.69, 9.17) is 5.26 Å². The summed E-state index contributed by atoms with van der Waals surface area (Å²) < 4.78 is 0.523. The highest BCUT2D eigenvalue weighted by Gasteiger charge is 2.16. The van der Waals surface area contributed by atoms with Gasteiger partial charge in [0, 0.05) is 5.56 Å². The molecule has 1 aromatic rings. The van der Waals surface area contributed by atoms with Crippen LogP contribution in [0.15, 0.2) is 22.7 Å². The number of phenolic OH excluding ortho intramolecular Hbond substituents is 1. The lowest BCUT2D eigenvalue weighted by molar-refractivity contribution is 0.0937. The van der Waals surface area contributed by atoms with E-state index in [1.807, 2.05) is 19.9 Å². The van der Waals surface area contributed by atoms with Crippen LogP contribution in [0.2, 0.25) is 0 Å². The molecular weight excluding hydrogens is 284 g/mol. The molecule has 0 saturated carbocycles. The van der Waals surface area contributed by atoms with Crippen LogP contribution in [-0.2, 0) is 0 Å². The second kappa shape index (κ2) is 5.69. The Kier molecular flexibility index (Phi) is 4.53. The molecule has 0 radical (unpaired) electrons. The number of halogens is 1. The Morgan fingerprint density at radius 3 is 2.65 bits per heavy atom. The van der Waals surface area contributed by atoms with E-state index >= 15 is 0 Å². The van der Waals surface area contributed by atoms with Crippen LogP contribution in [0.1, 0.15) is 24.2 Å². The maximum atomic E-state index is 11.8. The molecule has 17 heavy (non-hydrogen) atoms. The molecule has 1 atom stereocenters. The zero-order valence-corrected chi connectivity index (χ0v) is 11.2. The van der Waals surface area contributed by atoms with Gasteiger partial charge >= 0.3 is 0 Å². The van der Waals surface area contributed by atoms with Crippen molar-refractivity contribution >= 4 is 21.8 Å². The van der Waals surface area contributed by atoms with Crippen LogP contribution in [0.5, 0.6) is 5.75 Å². The van der Waals surface area contributed by atoms with Gasteiger partial charge in [-0.15, -0.1) is 0 Å². The zero-order chi connectivity index (χ0) is 13.0. The summed E-state index contributed by atoms with van der Waals surface area (Å²) in [6.07, 6.45) is 0. The fourth-order valence-corrected chi connectivity index (χ4v) is 1.47. The minimum Gasteiger partial charge on any atom is -0.507 e. The van der Waals surface area contributed by atoms with E-state index < -0.39 is 6.04 Å². The molecule has 0 heterocycles. The number of nitrogens with zero attached hydrogens (tertiary/aromatic N) is 1. The van der Waals surface area contributed by atoms with Crippen molar-refractivity contribution in [3.8, 4) is 11.8 Å². The Bertz CT molecular complexity index is 466. The Labute approximate surface area is 108 Å². The summed E-state index contributed by atoms with van der Waals surface area (Å²) >= 11 is 3.13. The number of hydrogen-bond donors (Lipinski definition) is 2. The van der Waals surface area contributed by atoms with Crippen LogP contribution >= 0.6 is 15.9 Å². The summed E-state index contributed by atoms with van der Waals surface area (Å²) in [4.78, 5) is 11.8. The SMILES string of the molecule is CC(C)C(C#N)NC(=O)c1ccc(Br)c(O)c1. The number of carbonyl (C=O) groups is 1. The zero-order valence-electron chi connectivity index (χ0n) is 9.57. The van der Waals surface area contributed by atoms with Crippen molar-refractivity contribution in [2.45, 2.75) is 19.9 Å². The highest BCUT2D eigenvalue weighted by atomic mass is 79.9. The molecule has 1 aromatic carbocycles. The standard InChI is InChI=1S/C12H13BrN2O2/c1-7(2)10(6-14)15-12(17)8-3-4-9(13)11(16)5-8/h3-5,7,10,16H,1-2H3,(H,15,17). The first-order valence-corrected chi connectivity index (χ1v) is 5.94. The van der Waals surface area contributed by atoms with Gasteiger partial charge in [-0.3, -0.25) is 4.79 Å². The number of phenols is 1. The van der Waals surface area contributed by atoms with Gasteiger partial charge in [0.15, 0.2) is 0 Å². The summed E-state index contributed by atoms with van der Waals surface area (Å²) in [5.74, 6) is -0.336. The fraction of sp³-hybridized carbons (Fsp3) is 0.333. The maximum Gasteiger partial charge on any atom is 0.252 e. The average Bonchev–Trinajstić information content (AvgIpc) is 2.28. The summed E-state index contributed by atoms with van der Waals surface area (Å²) in [5.41, 5.74) is 0.326. The summed E-state index contributed by atoms with van der Waals surface area (Å²) in [6.45, 7) is 3.71. The van der Waals surface area contributed by atoms with Gasteiger partial charge in [-0.05, 0) is 40.0 Å². The van der Waals surface area contributed by atoms with Gasteiger partial charge in [0.1, 0.15) is 11.8 Å². The van der Waals surface area contributed by atoms with E-state index in [1.54, 1.807) is 12.1 Å². The van der Waals surface area contributed by atoms with Crippen LogP contribution < -0.4 is 5.32 Å². The van der Waals surface area contributed by atoms with Gasteiger partial charge in [-0.1, -0.05) is 13.8 Å². The van der Waals surface area contributed by atoms with Crippen molar-refractivity contribution in [2.24, 2.45) is 5.92 Å². The molecule has 4 nitrogen and oxygen atoms in total. The lowest BCUT2D eigenvalue weighted by Crippen LogP contribution is -2.37. The molecule has 0 spiro atoms. The second-order valence-corrected chi connectivity index (χ2v) is 4.84. The molecule has 2 N–H and O–H groups in total. The molecule has 0 bridgehead atoms. The molecule has 1 amide bonds. The number of carbonyl (C=O) groups excluding carboxylic acids is 1. The number of hydrogen-bond acceptors (Lipinski definition) is 3. The monoisotopic (exact) mass is 296 g/mol. The first-order valence-electron chi connectivity index (χ1n) is 5.14.